The summed E-state index contributed by atoms with van der Waals surface area (Å²) in [7, 11) is 1.78. The molecule has 1 aliphatic rings. The zero-order valence-corrected chi connectivity index (χ0v) is 8.51. The molecule has 4 heteroatoms. The van der Waals surface area contributed by atoms with Crippen molar-refractivity contribution in [1.29, 1.82) is 0 Å². The van der Waals surface area contributed by atoms with Gasteiger partial charge in [0, 0.05) is 18.7 Å². The van der Waals surface area contributed by atoms with Gasteiger partial charge in [0.25, 0.3) is 0 Å². The third-order valence-electron chi connectivity index (χ3n) is 2.50. The second kappa shape index (κ2) is 4.07. The maximum Gasteiger partial charge on any atom is 0.182 e. The fraction of sp³-hybridized carbons (Fsp3) is 0.667. The highest BCUT2D eigenvalue weighted by atomic mass is 32.1. The third kappa shape index (κ3) is 2.00. The molecular weight excluding hydrogens is 184 g/mol. The van der Waals surface area contributed by atoms with E-state index >= 15 is 0 Å². The molecule has 1 heterocycles. The number of ether oxygens (including phenoxy) is 1. The molecule has 13 heavy (non-hydrogen) atoms. The number of rotatable bonds is 3. The molecule has 0 spiro atoms. The van der Waals surface area contributed by atoms with Crippen LogP contribution in [0.25, 0.3) is 0 Å². The first-order chi connectivity index (χ1) is 6.40. The van der Waals surface area contributed by atoms with Gasteiger partial charge in [-0.3, -0.25) is 0 Å². The SMILES string of the molecule is COC1CCCC1Nc1nccs1. The maximum atomic E-state index is 5.39. The minimum atomic E-state index is 0.365. The van der Waals surface area contributed by atoms with Crippen molar-refractivity contribution in [2.24, 2.45) is 0 Å². The summed E-state index contributed by atoms with van der Waals surface area (Å²) in [5.74, 6) is 0. The first-order valence-corrected chi connectivity index (χ1v) is 5.47. The van der Waals surface area contributed by atoms with Crippen LogP contribution in [0.15, 0.2) is 11.6 Å². The number of anilines is 1. The summed E-state index contributed by atoms with van der Waals surface area (Å²) < 4.78 is 5.39. The number of nitrogens with zero attached hydrogens (tertiary/aromatic N) is 1. The molecule has 0 radical (unpaired) electrons. The Morgan fingerprint density at radius 1 is 1.62 bits per heavy atom. The smallest absolute Gasteiger partial charge is 0.182 e. The molecule has 72 valence electrons. The molecule has 1 aromatic rings. The van der Waals surface area contributed by atoms with Crippen molar-refractivity contribution in [3.8, 4) is 0 Å². The van der Waals surface area contributed by atoms with E-state index in [2.05, 4.69) is 10.3 Å². The fourth-order valence-corrected chi connectivity index (χ4v) is 2.42. The van der Waals surface area contributed by atoms with Gasteiger partial charge < -0.3 is 10.1 Å². The van der Waals surface area contributed by atoms with Gasteiger partial charge in [-0.15, -0.1) is 11.3 Å². The molecule has 1 aromatic heterocycles. The van der Waals surface area contributed by atoms with Crippen molar-refractivity contribution >= 4 is 16.5 Å². The Bertz CT molecular complexity index is 250. The third-order valence-corrected chi connectivity index (χ3v) is 3.20. The minimum Gasteiger partial charge on any atom is -0.379 e. The summed E-state index contributed by atoms with van der Waals surface area (Å²) in [5.41, 5.74) is 0. The molecule has 1 aliphatic carbocycles. The normalized spacial score (nSPS) is 27.8. The first-order valence-electron chi connectivity index (χ1n) is 4.59. The number of methoxy groups -OCH3 is 1. The first kappa shape index (κ1) is 8.97. The lowest BCUT2D eigenvalue weighted by molar-refractivity contribution is 0.101. The van der Waals surface area contributed by atoms with Crippen LogP contribution >= 0.6 is 11.3 Å². The van der Waals surface area contributed by atoms with E-state index in [-0.39, 0.29) is 0 Å². The molecule has 3 nitrogen and oxygen atoms in total. The average molecular weight is 198 g/mol. The zero-order chi connectivity index (χ0) is 9.10. The van der Waals surface area contributed by atoms with Crippen LogP contribution in [0, 0.1) is 0 Å². The number of thiazole rings is 1. The molecule has 0 aliphatic heterocycles. The topological polar surface area (TPSA) is 34.1 Å². The van der Waals surface area contributed by atoms with Gasteiger partial charge >= 0.3 is 0 Å². The van der Waals surface area contributed by atoms with Gasteiger partial charge in [0.15, 0.2) is 5.13 Å². The molecular formula is C9H14N2OS. The molecule has 0 saturated heterocycles. The van der Waals surface area contributed by atoms with Crippen LogP contribution in [-0.2, 0) is 4.74 Å². The van der Waals surface area contributed by atoms with E-state index in [1.807, 2.05) is 11.6 Å². The largest absolute Gasteiger partial charge is 0.379 e. The van der Waals surface area contributed by atoms with E-state index in [9.17, 15) is 0 Å². The number of hydrogen-bond donors (Lipinski definition) is 1. The van der Waals surface area contributed by atoms with Gasteiger partial charge in [-0.1, -0.05) is 0 Å². The van der Waals surface area contributed by atoms with E-state index in [1.54, 1.807) is 18.4 Å². The van der Waals surface area contributed by atoms with Crippen LogP contribution in [0.4, 0.5) is 5.13 Å². The van der Waals surface area contributed by atoms with Gasteiger partial charge in [0.2, 0.25) is 0 Å². The molecule has 0 bridgehead atoms. The average Bonchev–Trinajstić information content (AvgIpc) is 2.76. The van der Waals surface area contributed by atoms with Crippen molar-refractivity contribution in [3.05, 3.63) is 11.6 Å². The van der Waals surface area contributed by atoms with Crippen LogP contribution < -0.4 is 5.32 Å². The van der Waals surface area contributed by atoms with Gasteiger partial charge in [-0.25, -0.2) is 4.98 Å². The Kier molecular flexibility index (Phi) is 2.80. The highest BCUT2D eigenvalue weighted by Gasteiger charge is 2.27. The van der Waals surface area contributed by atoms with Crippen LogP contribution in [0.3, 0.4) is 0 Å². The van der Waals surface area contributed by atoms with E-state index in [0.29, 0.717) is 12.1 Å². The number of aromatic nitrogens is 1. The van der Waals surface area contributed by atoms with Crippen molar-refractivity contribution in [2.75, 3.05) is 12.4 Å². The molecule has 2 unspecified atom stereocenters. The van der Waals surface area contributed by atoms with Crippen molar-refractivity contribution in [3.63, 3.8) is 0 Å². The van der Waals surface area contributed by atoms with Gasteiger partial charge in [-0.05, 0) is 19.3 Å². The van der Waals surface area contributed by atoms with Gasteiger partial charge in [0.1, 0.15) is 0 Å². The molecule has 1 N–H and O–H groups in total. The zero-order valence-electron chi connectivity index (χ0n) is 7.69. The van der Waals surface area contributed by atoms with Gasteiger partial charge in [0.05, 0.1) is 12.1 Å². The van der Waals surface area contributed by atoms with Crippen molar-refractivity contribution in [2.45, 2.75) is 31.4 Å². The Morgan fingerprint density at radius 3 is 3.23 bits per heavy atom. The molecule has 1 fully saturated rings. The summed E-state index contributed by atoms with van der Waals surface area (Å²) in [6, 6.07) is 0.455. The standard InChI is InChI=1S/C9H14N2OS/c1-12-8-4-2-3-7(8)11-9-10-5-6-13-9/h5-8H,2-4H2,1H3,(H,10,11). The Labute approximate surface area is 82.1 Å². The number of hydrogen-bond acceptors (Lipinski definition) is 4. The molecule has 2 rings (SSSR count). The lowest BCUT2D eigenvalue weighted by Crippen LogP contribution is -2.29. The number of nitrogens with one attached hydrogen (secondary N) is 1. The Balaban J connectivity index is 1.94. The van der Waals surface area contributed by atoms with Crippen LogP contribution in [-0.4, -0.2) is 24.2 Å². The summed E-state index contributed by atoms with van der Waals surface area (Å²) in [6.45, 7) is 0. The lowest BCUT2D eigenvalue weighted by Gasteiger charge is -2.18. The highest BCUT2D eigenvalue weighted by molar-refractivity contribution is 7.13. The predicted molar refractivity (Wildman–Crippen MR) is 54.2 cm³/mol. The fourth-order valence-electron chi connectivity index (χ4n) is 1.83. The van der Waals surface area contributed by atoms with Crippen molar-refractivity contribution in [1.82, 2.24) is 4.98 Å². The van der Waals surface area contributed by atoms with E-state index < -0.39 is 0 Å². The second-order valence-corrected chi connectivity index (χ2v) is 4.19. The summed E-state index contributed by atoms with van der Waals surface area (Å²) in [6.07, 6.45) is 5.80. The second-order valence-electron chi connectivity index (χ2n) is 3.29. The summed E-state index contributed by atoms with van der Waals surface area (Å²) >= 11 is 1.64. The lowest BCUT2D eigenvalue weighted by atomic mass is 10.2. The monoisotopic (exact) mass is 198 g/mol. The molecule has 1 saturated carbocycles. The summed E-state index contributed by atoms with van der Waals surface area (Å²) in [4.78, 5) is 4.20. The van der Waals surface area contributed by atoms with Crippen LogP contribution in [0.1, 0.15) is 19.3 Å². The maximum absolute atomic E-state index is 5.39. The van der Waals surface area contributed by atoms with Crippen LogP contribution in [0.5, 0.6) is 0 Å². The van der Waals surface area contributed by atoms with E-state index in [0.717, 1.165) is 5.13 Å². The highest BCUT2D eigenvalue weighted by Crippen LogP contribution is 2.25. The summed E-state index contributed by atoms with van der Waals surface area (Å²) in [5, 5.41) is 6.40. The van der Waals surface area contributed by atoms with Crippen molar-refractivity contribution < 1.29 is 4.74 Å². The predicted octanol–water partition coefficient (Wildman–Crippen LogP) is 2.12. The minimum absolute atomic E-state index is 0.365. The molecule has 0 amide bonds. The quantitative estimate of drug-likeness (QED) is 0.807. The Morgan fingerprint density at radius 2 is 2.54 bits per heavy atom. The molecule has 2 atom stereocenters. The van der Waals surface area contributed by atoms with E-state index in [1.165, 1.54) is 19.3 Å². The van der Waals surface area contributed by atoms with E-state index in [4.69, 9.17) is 4.74 Å². The van der Waals surface area contributed by atoms with Crippen LogP contribution in [0.2, 0.25) is 0 Å². The Hall–Kier alpha value is -0.610. The van der Waals surface area contributed by atoms with Gasteiger partial charge in [-0.2, -0.15) is 0 Å². The molecule has 0 aromatic carbocycles.